The highest BCUT2D eigenvalue weighted by Crippen LogP contribution is 2.25. The van der Waals surface area contributed by atoms with E-state index < -0.39 is 0 Å². The molecule has 2 fully saturated rings. The van der Waals surface area contributed by atoms with E-state index in [1.54, 1.807) is 0 Å². The van der Waals surface area contributed by atoms with Crippen molar-refractivity contribution in [3.63, 3.8) is 0 Å². The molecule has 2 aliphatic rings. The van der Waals surface area contributed by atoms with E-state index in [1.807, 2.05) is 6.92 Å². The lowest BCUT2D eigenvalue weighted by Crippen LogP contribution is -2.50. The van der Waals surface area contributed by atoms with Crippen LogP contribution in [0.3, 0.4) is 0 Å². The minimum absolute atomic E-state index is 0.00558. The van der Waals surface area contributed by atoms with Gasteiger partial charge in [-0.2, -0.15) is 0 Å². The summed E-state index contributed by atoms with van der Waals surface area (Å²) in [4.78, 5) is 14.5. The Morgan fingerprint density at radius 3 is 2.43 bits per heavy atom. The molecule has 5 nitrogen and oxygen atoms in total. The number of nitrogens with one attached hydrogen (secondary N) is 2. The number of piperidine rings is 1. The molecule has 1 aliphatic heterocycles. The van der Waals surface area contributed by atoms with Gasteiger partial charge in [0.15, 0.2) is 0 Å². The first-order valence-corrected chi connectivity index (χ1v) is 8.64. The van der Waals surface area contributed by atoms with Crippen molar-refractivity contribution in [3.05, 3.63) is 0 Å². The molecule has 1 aliphatic carbocycles. The number of likely N-dealkylation sites (tertiary alicyclic amines) is 1. The molecule has 1 saturated heterocycles. The lowest BCUT2D eigenvalue weighted by molar-refractivity contribution is 0.121. The van der Waals surface area contributed by atoms with Gasteiger partial charge >= 0.3 is 6.03 Å². The number of aliphatic hydroxyl groups excluding tert-OH is 1. The smallest absolute Gasteiger partial charge is 0.315 e. The van der Waals surface area contributed by atoms with Crippen LogP contribution >= 0.6 is 0 Å². The second-order valence-corrected chi connectivity index (χ2v) is 6.51. The summed E-state index contributed by atoms with van der Waals surface area (Å²) in [5, 5.41) is 15.0. The zero-order valence-electron chi connectivity index (χ0n) is 13.3. The third-order valence-electron chi connectivity index (χ3n) is 4.99. The van der Waals surface area contributed by atoms with E-state index in [0.29, 0.717) is 6.04 Å². The van der Waals surface area contributed by atoms with Crippen LogP contribution in [0.5, 0.6) is 0 Å². The summed E-state index contributed by atoms with van der Waals surface area (Å²) in [7, 11) is 0. The Morgan fingerprint density at radius 2 is 1.86 bits per heavy atom. The second-order valence-electron chi connectivity index (χ2n) is 6.51. The van der Waals surface area contributed by atoms with Gasteiger partial charge in [-0.1, -0.05) is 13.3 Å². The Bertz CT molecular complexity index is 307. The van der Waals surface area contributed by atoms with Crippen molar-refractivity contribution in [2.75, 3.05) is 19.7 Å². The second kappa shape index (κ2) is 8.59. The quantitative estimate of drug-likeness (QED) is 0.725. The van der Waals surface area contributed by atoms with E-state index in [4.69, 9.17) is 5.11 Å². The van der Waals surface area contributed by atoms with Crippen molar-refractivity contribution in [3.8, 4) is 0 Å². The first kappa shape index (κ1) is 16.6. The molecule has 1 heterocycles. The Balaban J connectivity index is 1.67. The van der Waals surface area contributed by atoms with Crippen molar-refractivity contribution in [2.24, 2.45) is 0 Å². The van der Waals surface area contributed by atoms with Crippen LogP contribution in [0.2, 0.25) is 0 Å². The number of amides is 2. The van der Waals surface area contributed by atoms with E-state index in [1.165, 1.54) is 45.2 Å². The molecule has 0 bridgehead atoms. The number of aliphatic hydroxyl groups is 1. The SMILES string of the molecule is CCC(CO)NC(=O)NC1CCC(N2CCCCC2)CC1. The van der Waals surface area contributed by atoms with Gasteiger partial charge in [-0.05, 0) is 58.0 Å². The van der Waals surface area contributed by atoms with Crippen molar-refractivity contribution in [2.45, 2.75) is 76.4 Å². The summed E-state index contributed by atoms with van der Waals surface area (Å²) in [6.07, 6.45) is 9.38. The summed E-state index contributed by atoms with van der Waals surface area (Å²) >= 11 is 0. The van der Waals surface area contributed by atoms with Gasteiger partial charge in [0.05, 0.1) is 12.6 Å². The summed E-state index contributed by atoms with van der Waals surface area (Å²) in [5.74, 6) is 0. The molecule has 0 aromatic rings. The molecule has 0 spiro atoms. The molecule has 122 valence electrons. The third kappa shape index (κ3) is 5.15. The first-order chi connectivity index (χ1) is 10.2. The number of rotatable bonds is 5. The molecule has 0 radical (unpaired) electrons. The Morgan fingerprint density at radius 1 is 1.19 bits per heavy atom. The van der Waals surface area contributed by atoms with Crippen LogP contribution in [0.1, 0.15) is 58.3 Å². The largest absolute Gasteiger partial charge is 0.394 e. The van der Waals surface area contributed by atoms with Gasteiger partial charge in [0.1, 0.15) is 0 Å². The topological polar surface area (TPSA) is 64.6 Å². The molecule has 0 aromatic carbocycles. The van der Waals surface area contributed by atoms with Gasteiger partial charge in [-0.3, -0.25) is 0 Å². The maximum absolute atomic E-state index is 11.9. The molecule has 21 heavy (non-hydrogen) atoms. The molecule has 0 aromatic heterocycles. The summed E-state index contributed by atoms with van der Waals surface area (Å²) in [5.41, 5.74) is 0. The highest BCUT2D eigenvalue weighted by molar-refractivity contribution is 5.74. The maximum atomic E-state index is 11.9. The van der Waals surface area contributed by atoms with E-state index in [-0.39, 0.29) is 18.7 Å². The van der Waals surface area contributed by atoms with Crippen LogP contribution in [0.4, 0.5) is 4.79 Å². The molecule has 2 rings (SSSR count). The number of urea groups is 1. The summed E-state index contributed by atoms with van der Waals surface area (Å²) in [6.45, 7) is 4.49. The van der Waals surface area contributed by atoms with Gasteiger partial charge in [-0.15, -0.1) is 0 Å². The Kier molecular flexibility index (Phi) is 6.77. The molecule has 5 heteroatoms. The number of hydrogen-bond acceptors (Lipinski definition) is 3. The van der Waals surface area contributed by atoms with Crippen molar-refractivity contribution in [1.82, 2.24) is 15.5 Å². The zero-order chi connectivity index (χ0) is 15.1. The Hall–Kier alpha value is -0.810. The van der Waals surface area contributed by atoms with Gasteiger partial charge in [0, 0.05) is 12.1 Å². The van der Waals surface area contributed by atoms with E-state index in [2.05, 4.69) is 15.5 Å². The molecule has 1 unspecified atom stereocenters. The van der Waals surface area contributed by atoms with Gasteiger partial charge in [-0.25, -0.2) is 4.79 Å². The fourth-order valence-electron chi connectivity index (χ4n) is 3.56. The van der Waals surface area contributed by atoms with E-state index in [0.717, 1.165) is 25.3 Å². The average Bonchev–Trinajstić information content (AvgIpc) is 2.54. The minimum atomic E-state index is -0.130. The van der Waals surface area contributed by atoms with Gasteiger partial charge in [0.2, 0.25) is 0 Å². The predicted molar refractivity (Wildman–Crippen MR) is 84.3 cm³/mol. The minimum Gasteiger partial charge on any atom is -0.394 e. The molecular weight excluding hydrogens is 266 g/mol. The standard InChI is InChI=1S/C16H31N3O2/c1-2-13(12-20)17-16(21)18-14-6-8-15(9-7-14)19-10-4-3-5-11-19/h13-15,20H,2-12H2,1H3,(H2,17,18,21). The monoisotopic (exact) mass is 297 g/mol. The van der Waals surface area contributed by atoms with Gasteiger partial charge < -0.3 is 20.6 Å². The lowest BCUT2D eigenvalue weighted by Gasteiger charge is -2.39. The number of hydrogen-bond donors (Lipinski definition) is 3. The third-order valence-corrected chi connectivity index (χ3v) is 4.99. The van der Waals surface area contributed by atoms with Crippen LogP contribution in [-0.4, -0.2) is 53.9 Å². The van der Waals surface area contributed by atoms with Crippen LogP contribution in [0, 0.1) is 0 Å². The van der Waals surface area contributed by atoms with Crippen molar-refractivity contribution in [1.29, 1.82) is 0 Å². The number of carbonyl (C=O) groups is 1. The molecule has 2 amide bonds. The predicted octanol–water partition coefficient (Wildman–Crippen LogP) is 1.85. The van der Waals surface area contributed by atoms with E-state index in [9.17, 15) is 4.79 Å². The van der Waals surface area contributed by atoms with Crippen LogP contribution in [-0.2, 0) is 0 Å². The van der Waals surface area contributed by atoms with Crippen molar-refractivity contribution >= 4 is 6.03 Å². The number of nitrogens with zero attached hydrogens (tertiary/aromatic N) is 1. The first-order valence-electron chi connectivity index (χ1n) is 8.64. The summed E-state index contributed by atoms with van der Waals surface area (Å²) < 4.78 is 0. The highest BCUT2D eigenvalue weighted by Gasteiger charge is 2.27. The maximum Gasteiger partial charge on any atom is 0.315 e. The number of carbonyl (C=O) groups excluding carboxylic acids is 1. The summed E-state index contributed by atoms with van der Waals surface area (Å²) in [6, 6.07) is 0.765. The lowest BCUT2D eigenvalue weighted by atomic mass is 9.89. The molecule has 1 atom stereocenters. The fraction of sp³-hybridized carbons (Fsp3) is 0.938. The molecule has 3 N–H and O–H groups in total. The average molecular weight is 297 g/mol. The van der Waals surface area contributed by atoms with Gasteiger partial charge in [0.25, 0.3) is 0 Å². The van der Waals surface area contributed by atoms with Crippen LogP contribution < -0.4 is 10.6 Å². The van der Waals surface area contributed by atoms with Crippen LogP contribution in [0.25, 0.3) is 0 Å². The zero-order valence-corrected chi connectivity index (χ0v) is 13.3. The molecular formula is C16H31N3O2. The molecule has 1 saturated carbocycles. The normalized spacial score (nSPS) is 28.9. The highest BCUT2D eigenvalue weighted by atomic mass is 16.3. The fourth-order valence-corrected chi connectivity index (χ4v) is 3.56. The van der Waals surface area contributed by atoms with Crippen LogP contribution in [0.15, 0.2) is 0 Å². The van der Waals surface area contributed by atoms with E-state index >= 15 is 0 Å². The van der Waals surface area contributed by atoms with Crippen molar-refractivity contribution < 1.29 is 9.90 Å². The Labute approximate surface area is 128 Å².